The van der Waals surface area contributed by atoms with E-state index < -0.39 is 17.4 Å². The molecule has 0 aliphatic carbocycles. The van der Waals surface area contributed by atoms with Gasteiger partial charge in [0.05, 0.1) is 13.2 Å². The molecule has 0 aromatic heterocycles. The summed E-state index contributed by atoms with van der Waals surface area (Å²) in [6.45, 7) is 5.55. The molecule has 1 aliphatic heterocycles. The van der Waals surface area contributed by atoms with Crippen LogP contribution >= 0.6 is 0 Å². The fourth-order valence-electron chi connectivity index (χ4n) is 2.57. The Hall–Kier alpha value is -2.08. The van der Waals surface area contributed by atoms with Crippen LogP contribution in [0.1, 0.15) is 19.4 Å². The van der Waals surface area contributed by atoms with Crippen LogP contribution in [-0.4, -0.2) is 54.4 Å². The number of benzene rings is 1. The largest absolute Gasteiger partial charge is 0.480 e. The third-order valence-electron chi connectivity index (χ3n) is 4.05. The molecule has 1 aromatic rings. The topological polar surface area (TPSA) is 78.9 Å². The molecule has 1 atom stereocenters. The van der Waals surface area contributed by atoms with Crippen LogP contribution in [0.4, 0.5) is 4.79 Å². The summed E-state index contributed by atoms with van der Waals surface area (Å²) >= 11 is 0. The number of carboxylic acid groups (broad SMARTS) is 1. The molecule has 1 aliphatic rings. The highest BCUT2D eigenvalue weighted by Gasteiger charge is 2.38. The second-order valence-electron chi connectivity index (χ2n) is 5.91. The summed E-state index contributed by atoms with van der Waals surface area (Å²) in [7, 11) is 0. The van der Waals surface area contributed by atoms with Gasteiger partial charge in [-0.2, -0.15) is 0 Å². The van der Waals surface area contributed by atoms with E-state index in [1.165, 1.54) is 0 Å². The summed E-state index contributed by atoms with van der Waals surface area (Å²) in [4.78, 5) is 25.6. The van der Waals surface area contributed by atoms with Crippen molar-refractivity contribution in [3.8, 4) is 0 Å². The quantitative estimate of drug-likeness (QED) is 0.882. The van der Waals surface area contributed by atoms with Crippen molar-refractivity contribution in [2.24, 2.45) is 0 Å². The number of morpholine rings is 1. The SMILES string of the molecule is CC(C)(c1ccccc1)[C@H](NC(=O)N1CCOCC1)C(=O)O. The van der Waals surface area contributed by atoms with Crippen molar-refractivity contribution < 1.29 is 19.4 Å². The summed E-state index contributed by atoms with van der Waals surface area (Å²) in [6.07, 6.45) is 0. The Morgan fingerprint density at radius 1 is 1.23 bits per heavy atom. The number of amides is 2. The molecule has 1 aromatic carbocycles. The van der Waals surface area contributed by atoms with E-state index in [9.17, 15) is 14.7 Å². The maximum Gasteiger partial charge on any atom is 0.327 e. The summed E-state index contributed by atoms with van der Waals surface area (Å²) < 4.78 is 5.20. The van der Waals surface area contributed by atoms with Gasteiger partial charge >= 0.3 is 12.0 Å². The predicted molar refractivity (Wildman–Crippen MR) is 81.8 cm³/mol. The van der Waals surface area contributed by atoms with Gasteiger partial charge < -0.3 is 20.1 Å². The Morgan fingerprint density at radius 2 is 1.82 bits per heavy atom. The van der Waals surface area contributed by atoms with Crippen molar-refractivity contribution in [2.75, 3.05) is 26.3 Å². The van der Waals surface area contributed by atoms with Gasteiger partial charge in [0.1, 0.15) is 6.04 Å². The fourth-order valence-corrected chi connectivity index (χ4v) is 2.57. The summed E-state index contributed by atoms with van der Waals surface area (Å²) in [5, 5.41) is 12.2. The average Bonchev–Trinajstić information content (AvgIpc) is 2.53. The Labute approximate surface area is 130 Å². The lowest BCUT2D eigenvalue weighted by Gasteiger charge is -2.35. The molecule has 0 spiro atoms. The minimum Gasteiger partial charge on any atom is -0.480 e. The zero-order valence-electron chi connectivity index (χ0n) is 12.9. The number of hydrogen-bond acceptors (Lipinski definition) is 3. The molecular formula is C16H22N2O4. The molecule has 120 valence electrons. The minimum atomic E-state index is -1.05. The molecule has 22 heavy (non-hydrogen) atoms. The first-order valence-electron chi connectivity index (χ1n) is 7.34. The van der Waals surface area contributed by atoms with Crippen molar-refractivity contribution in [3.05, 3.63) is 35.9 Å². The van der Waals surface area contributed by atoms with Gasteiger partial charge in [0.2, 0.25) is 0 Å². The molecule has 1 saturated heterocycles. The summed E-state index contributed by atoms with van der Waals surface area (Å²) in [5.74, 6) is -1.05. The van der Waals surface area contributed by atoms with Crippen molar-refractivity contribution in [1.29, 1.82) is 0 Å². The monoisotopic (exact) mass is 306 g/mol. The molecule has 0 saturated carbocycles. The third-order valence-corrected chi connectivity index (χ3v) is 4.05. The van der Waals surface area contributed by atoms with Gasteiger partial charge in [-0.3, -0.25) is 0 Å². The first-order valence-corrected chi connectivity index (χ1v) is 7.34. The van der Waals surface area contributed by atoms with Crippen LogP contribution in [0.25, 0.3) is 0 Å². The van der Waals surface area contributed by atoms with E-state index in [-0.39, 0.29) is 6.03 Å². The predicted octanol–water partition coefficient (Wildman–Crippen LogP) is 1.46. The van der Waals surface area contributed by atoms with Gasteiger partial charge in [0.25, 0.3) is 0 Å². The number of nitrogens with zero attached hydrogens (tertiary/aromatic N) is 1. The van der Waals surface area contributed by atoms with Crippen LogP contribution in [0.15, 0.2) is 30.3 Å². The van der Waals surface area contributed by atoms with Crippen molar-refractivity contribution >= 4 is 12.0 Å². The van der Waals surface area contributed by atoms with E-state index in [1.54, 1.807) is 4.90 Å². The number of hydrogen-bond donors (Lipinski definition) is 2. The number of carboxylic acids is 1. The minimum absolute atomic E-state index is 0.361. The maximum absolute atomic E-state index is 12.3. The summed E-state index contributed by atoms with van der Waals surface area (Å²) in [6, 6.07) is 7.97. The number of ether oxygens (including phenoxy) is 1. The smallest absolute Gasteiger partial charge is 0.327 e. The Bertz CT molecular complexity index is 524. The first-order chi connectivity index (χ1) is 10.4. The molecule has 2 amide bonds. The number of carbonyl (C=O) groups excluding carboxylic acids is 1. The standard InChI is InChI=1S/C16H22N2O4/c1-16(2,12-6-4-3-5-7-12)13(14(19)20)17-15(21)18-8-10-22-11-9-18/h3-7,13H,8-11H2,1-2H3,(H,17,21)(H,19,20)/t13-/m1/s1. The zero-order valence-corrected chi connectivity index (χ0v) is 12.9. The Morgan fingerprint density at radius 3 is 2.36 bits per heavy atom. The molecule has 1 fully saturated rings. The van der Waals surface area contributed by atoms with Gasteiger partial charge in [0.15, 0.2) is 0 Å². The van der Waals surface area contributed by atoms with Crippen LogP contribution < -0.4 is 5.32 Å². The summed E-state index contributed by atoms with van der Waals surface area (Å²) in [5.41, 5.74) is 0.138. The number of carbonyl (C=O) groups is 2. The number of urea groups is 1. The number of nitrogens with one attached hydrogen (secondary N) is 1. The Balaban J connectivity index is 2.15. The lowest BCUT2D eigenvalue weighted by molar-refractivity contribution is -0.141. The molecule has 2 rings (SSSR count). The van der Waals surface area contributed by atoms with E-state index >= 15 is 0 Å². The first kappa shape index (κ1) is 16.3. The van der Waals surface area contributed by atoms with Crippen LogP contribution in [0.2, 0.25) is 0 Å². The van der Waals surface area contributed by atoms with Crippen LogP contribution in [-0.2, 0) is 14.9 Å². The van der Waals surface area contributed by atoms with Gasteiger partial charge in [0, 0.05) is 18.5 Å². The zero-order chi connectivity index (χ0) is 16.2. The fraction of sp³-hybridized carbons (Fsp3) is 0.500. The van der Waals surface area contributed by atoms with E-state index in [0.29, 0.717) is 26.3 Å². The molecule has 0 unspecified atom stereocenters. The lowest BCUT2D eigenvalue weighted by Crippen LogP contribution is -2.57. The molecule has 0 radical (unpaired) electrons. The van der Waals surface area contributed by atoms with Crippen LogP contribution in [0.3, 0.4) is 0 Å². The molecule has 6 nitrogen and oxygen atoms in total. The van der Waals surface area contributed by atoms with E-state index in [0.717, 1.165) is 5.56 Å². The molecule has 1 heterocycles. The van der Waals surface area contributed by atoms with E-state index in [4.69, 9.17) is 4.74 Å². The van der Waals surface area contributed by atoms with Gasteiger partial charge in [-0.15, -0.1) is 0 Å². The average molecular weight is 306 g/mol. The van der Waals surface area contributed by atoms with Crippen molar-refractivity contribution in [1.82, 2.24) is 10.2 Å². The van der Waals surface area contributed by atoms with Crippen LogP contribution in [0.5, 0.6) is 0 Å². The van der Waals surface area contributed by atoms with E-state index in [2.05, 4.69) is 5.32 Å². The normalized spacial score (nSPS) is 16.9. The highest BCUT2D eigenvalue weighted by atomic mass is 16.5. The lowest BCUT2D eigenvalue weighted by atomic mass is 9.77. The molecule has 0 bridgehead atoms. The van der Waals surface area contributed by atoms with Crippen molar-refractivity contribution in [3.63, 3.8) is 0 Å². The van der Waals surface area contributed by atoms with Crippen LogP contribution in [0, 0.1) is 0 Å². The second kappa shape index (κ2) is 6.79. The maximum atomic E-state index is 12.3. The number of rotatable bonds is 4. The highest BCUT2D eigenvalue weighted by molar-refractivity contribution is 5.84. The van der Waals surface area contributed by atoms with Crippen molar-refractivity contribution in [2.45, 2.75) is 25.3 Å². The Kier molecular flexibility index (Phi) is 5.03. The molecule has 6 heteroatoms. The van der Waals surface area contributed by atoms with Gasteiger partial charge in [-0.05, 0) is 5.56 Å². The van der Waals surface area contributed by atoms with Gasteiger partial charge in [-0.25, -0.2) is 9.59 Å². The highest BCUT2D eigenvalue weighted by Crippen LogP contribution is 2.27. The second-order valence-corrected chi connectivity index (χ2v) is 5.91. The van der Waals surface area contributed by atoms with E-state index in [1.807, 2.05) is 44.2 Å². The number of aliphatic carboxylic acids is 1. The molecular weight excluding hydrogens is 284 g/mol. The molecule has 2 N–H and O–H groups in total. The van der Waals surface area contributed by atoms with Gasteiger partial charge in [-0.1, -0.05) is 44.2 Å². The third kappa shape index (κ3) is 3.57.